The molecular weight excluding hydrogens is 521 g/mol. The van der Waals surface area contributed by atoms with E-state index >= 15 is 0 Å². The molecule has 0 aliphatic carbocycles. The summed E-state index contributed by atoms with van der Waals surface area (Å²) in [6.07, 6.45) is 0. The molecule has 1 fully saturated rings. The zero-order valence-electron chi connectivity index (χ0n) is 20.1. The number of hydrogen-bond acceptors (Lipinski definition) is 6. The minimum atomic E-state index is -0.242. The maximum absolute atomic E-state index is 14.0. The number of thioether (sulfide) groups is 1. The summed E-state index contributed by atoms with van der Waals surface area (Å²) in [6.45, 7) is 0.350. The lowest BCUT2D eigenvalue weighted by molar-refractivity contribution is -0.112. The Bertz CT molecular complexity index is 1730. The molecule has 4 aromatic rings. The van der Waals surface area contributed by atoms with E-state index in [0.717, 1.165) is 21.2 Å². The Balaban J connectivity index is 1.61. The van der Waals surface area contributed by atoms with Crippen molar-refractivity contribution >= 4 is 68.4 Å². The molecule has 6 nitrogen and oxygen atoms in total. The lowest BCUT2D eigenvalue weighted by Crippen LogP contribution is -2.36. The molecule has 37 heavy (non-hydrogen) atoms. The molecule has 0 atom stereocenters. The van der Waals surface area contributed by atoms with Crippen molar-refractivity contribution in [3.63, 3.8) is 0 Å². The average molecular weight is 543 g/mol. The van der Waals surface area contributed by atoms with Crippen LogP contribution in [0.3, 0.4) is 0 Å². The molecule has 1 saturated heterocycles. The number of para-hydroxylation sites is 2. The van der Waals surface area contributed by atoms with Crippen molar-refractivity contribution in [2.24, 2.45) is 0 Å². The van der Waals surface area contributed by atoms with E-state index in [0.29, 0.717) is 32.2 Å². The Kier molecular flexibility index (Phi) is 5.98. The number of carbonyl (C=O) groups is 1. The van der Waals surface area contributed by atoms with Gasteiger partial charge in [0.1, 0.15) is 19.9 Å². The molecule has 0 saturated carbocycles. The first kappa shape index (κ1) is 23.7. The Morgan fingerprint density at radius 1 is 0.811 bits per heavy atom. The summed E-state index contributed by atoms with van der Waals surface area (Å²) in [5.41, 5.74) is 3.02. The van der Waals surface area contributed by atoms with Crippen LogP contribution in [0.5, 0.6) is 0 Å². The van der Waals surface area contributed by atoms with E-state index < -0.39 is 0 Å². The largest absolute Gasteiger partial charge is 0.337 e. The van der Waals surface area contributed by atoms with Crippen molar-refractivity contribution in [1.29, 1.82) is 0 Å². The van der Waals surface area contributed by atoms with Crippen LogP contribution in [0.15, 0.2) is 94.6 Å². The van der Waals surface area contributed by atoms with E-state index in [1.54, 1.807) is 28.3 Å². The van der Waals surface area contributed by atoms with Gasteiger partial charge >= 0.3 is 0 Å². The number of anilines is 2. The number of fused-ring (bicyclic) bond motifs is 1. The van der Waals surface area contributed by atoms with Crippen LogP contribution in [-0.4, -0.2) is 34.6 Å². The molecule has 1 amide bonds. The fraction of sp³-hybridized carbons (Fsp3) is 0.107. The van der Waals surface area contributed by atoms with Gasteiger partial charge in [0.15, 0.2) is 5.11 Å². The van der Waals surface area contributed by atoms with Crippen LogP contribution >= 0.6 is 35.3 Å². The van der Waals surface area contributed by atoms with Gasteiger partial charge in [0.2, 0.25) is 0 Å². The third-order valence-corrected chi connectivity index (χ3v) is 9.44. The first-order valence-corrected chi connectivity index (χ1v) is 13.7. The molecule has 1 aromatic heterocycles. The predicted molar refractivity (Wildman–Crippen MR) is 155 cm³/mol. The lowest BCUT2D eigenvalue weighted by atomic mass is 10.2. The van der Waals surface area contributed by atoms with Gasteiger partial charge in [0.25, 0.3) is 11.5 Å². The van der Waals surface area contributed by atoms with Crippen molar-refractivity contribution in [2.45, 2.75) is 11.4 Å². The highest BCUT2D eigenvalue weighted by Crippen LogP contribution is 2.45. The minimum absolute atomic E-state index is 0.121. The molecule has 3 aromatic carbocycles. The molecular formula is C28H22N4O2S3. The second-order valence-electron chi connectivity index (χ2n) is 8.71. The number of amides is 1. The van der Waals surface area contributed by atoms with Crippen LogP contribution in [-0.2, 0) is 11.3 Å². The van der Waals surface area contributed by atoms with Crippen LogP contribution in [0.25, 0.3) is 10.7 Å². The van der Waals surface area contributed by atoms with Gasteiger partial charge in [-0.2, -0.15) is 0 Å². The molecule has 0 unspecified atom stereocenters. The molecule has 6 rings (SSSR count). The maximum atomic E-state index is 14.0. The average Bonchev–Trinajstić information content (AvgIpc) is 3.49. The van der Waals surface area contributed by atoms with Gasteiger partial charge in [0.05, 0.1) is 17.9 Å². The third-order valence-electron chi connectivity index (χ3n) is 6.44. The topological polar surface area (TPSA) is 48.8 Å². The van der Waals surface area contributed by atoms with Gasteiger partial charge < -0.3 is 9.80 Å². The molecule has 2 aliphatic rings. The minimum Gasteiger partial charge on any atom is -0.337 e. The Morgan fingerprint density at radius 3 is 2.16 bits per heavy atom. The fourth-order valence-corrected chi connectivity index (χ4v) is 7.36. The first-order valence-electron chi connectivity index (χ1n) is 11.7. The number of thiocarbonyl (C=S) groups is 1. The highest BCUT2D eigenvalue weighted by atomic mass is 32.2. The third kappa shape index (κ3) is 3.90. The number of carbonyl (C=O) groups excluding carboxylic acids is 1. The normalized spacial score (nSPS) is 18.2. The van der Waals surface area contributed by atoms with Crippen molar-refractivity contribution in [3.05, 3.63) is 110 Å². The SMILES string of the molecule is CN1C(=S)N(c2ccccc2)C(=O)C1=c1sc(=C2Sc3ccccc3N2C)c(=O)n1Cc1ccccc1. The van der Waals surface area contributed by atoms with Gasteiger partial charge in [-0.1, -0.05) is 72.4 Å². The first-order chi connectivity index (χ1) is 18.0. The lowest BCUT2D eigenvalue weighted by Gasteiger charge is -2.16. The summed E-state index contributed by atoms with van der Waals surface area (Å²) in [4.78, 5) is 34.2. The van der Waals surface area contributed by atoms with E-state index in [2.05, 4.69) is 11.0 Å². The molecule has 0 spiro atoms. The van der Waals surface area contributed by atoms with E-state index in [9.17, 15) is 9.59 Å². The van der Waals surface area contributed by atoms with E-state index in [1.165, 1.54) is 16.2 Å². The van der Waals surface area contributed by atoms with Crippen molar-refractivity contribution in [2.75, 3.05) is 23.9 Å². The quantitative estimate of drug-likeness (QED) is 0.369. The monoisotopic (exact) mass is 542 g/mol. The molecule has 0 N–H and O–H groups in total. The summed E-state index contributed by atoms with van der Waals surface area (Å²) >= 11 is 8.62. The van der Waals surface area contributed by atoms with Crippen LogP contribution in [0.4, 0.5) is 11.4 Å². The molecule has 184 valence electrons. The number of hydrogen-bond donors (Lipinski definition) is 0. The second kappa shape index (κ2) is 9.33. The van der Waals surface area contributed by atoms with Crippen molar-refractivity contribution in [3.8, 4) is 0 Å². The van der Waals surface area contributed by atoms with Crippen molar-refractivity contribution < 1.29 is 4.79 Å². The zero-order valence-corrected chi connectivity index (χ0v) is 22.6. The summed E-state index contributed by atoms with van der Waals surface area (Å²) in [6, 6.07) is 27.3. The van der Waals surface area contributed by atoms with Crippen LogP contribution < -0.4 is 24.6 Å². The van der Waals surface area contributed by atoms with E-state index in [-0.39, 0.29) is 11.5 Å². The van der Waals surface area contributed by atoms with Gasteiger partial charge in [-0.25, -0.2) is 0 Å². The van der Waals surface area contributed by atoms with Gasteiger partial charge in [-0.15, -0.1) is 11.3 Å². The Labute approximate surface area is 227 Å². The highest BCUT2D eigenvalue weighted by Gasteiger charge is 2.39. The highest BCUT2D eigenvalue weighted by molar-refractivity contribution is 8.08. The maximum Gasteiger partial charge on any atom is 0.284 e. The van der Waals surface area contributed by atoms with Crippen LogP contribution in [0, 0.1) is 0 Å². The number of thiazole rings is 1. The molecule has 0 bridgehead atoms. The summed E-state index contributed by atoms with van der Waals surface area (Å²) in [5.74, 6) is -0.242. The standard InChI is InChI=1S/C28H22N4O2S3/c1-29-20-15-9-10-16-21(20)36-27(29)23-25(34)31(17-18-11-5-3-6-12-18)26(37-23)22-24(33)32(28(35)30(22)2)19-13-7-4-8-14-19/h3-16H,17H2,1-2H3. The van der Waals surface area contributed by atoms with E-state index in [1.807, 2.05) is 85.9 Å². The van der Waals surface area contributed by atoms with Crippen LogP contribution in [0.2, 0.25) is 0 Å². The number of benzene rings is 3. The number of aromatic nitrogens is 1. The predicted octanol–water partition coefficient (Wildman–Crippen LogP) is 3.64. The smallest absolute Gasteiger partial charge is 0.284 e. The summed E-state index contributed by atoms with van der Waals surface area (Å²) in [7, 11) is 3.76. The van der Waals surface area contributed by atoms with Crippen molar-refractivity contribution in [1.82, 2.24) is 9.47 Å². The number of rotatable bonds is 3. The Hall–Kier alpha value is -3.66. The summed E-state index contributed by atoms with van der Waals surface area (Å²) in [5, 5.41) is 1.24. The van der Waals surface area contributed by atoms with Crippen LogP contribution in [0.1, 0.15) is 5.56 Å². The zero-order chi connectivity index (χ0) is 25.7. The summed E-state index contributed by atoms with van der Waals surface area (Å²) < 4.78 is 2.91. The molecule has 3 heterocycles. The van der Waals surface area contributed by atoms with E-state index in [4.69, 9.17) is 12.2 Å². The molecule has 9 heteroatoms. The number of likely N-dealkylation sites (N-methyl/N-ethyl adjacent to an activating group) is 1. The number of nitrogens with zero attached hydrogens (tertiary/aromatic N) is 4. The second-order valence-corrected chi connectivity index (χ2v) is 11.1. The Morgan fingerprint density at radius 2 is 1.46 bits per heavy atom. The fourth-order valence-electron chi connectivity index (χ4n) is 4.55. The van der Waals surface area contributed by atoms with Gasteiger partial charge in [-0.3, -0.25) is 19.1 Å². The van der Waals surface area contributed by atoms with Gasteiger partial charge in [-0.05, 0) is 42.0 Å². The van der Waals surface area contributed by atoms with Gasteiger partial charge in [0, 0.05) is 19.0 Å². The molecule has 0 radical (unpaired) electrons. The molecule has 2 aliphatic heterocycles.